The Labute approximate surface area is 123 Å². The van der Waals surface area contributed by atoms with Gasteiger partial charge < -0.3 is 5.32 Å². The molecule has 1 aliphatic carbocycles. The molecule has 0 aromatic heterocycles. The van der Waals surface area contributed by atoms with E-state index in [2.05, 4.69) is 41.8 Å². The minimum atomic E-state index is 0.0678. The minimum Gasteiger partial charge on any atom is -0.349 e. The van der Waals surface area contributed by atoms with Gasteiger partial charge in [-0.2, -0.15) is 0 Å². The van der Waals surface area contributed by atoms with Gasteiger partial charge in [0.25, 0.3) is 5.91 Å². The predicted molar refractivity (Wildman–Crippen MR) is 82.7 cm³/mol. The zero-order chi connectivity index (χ0) is 13.2. The number of carbonyl (C=O) groups excluding carboxylic acids is 1. The molecule has 98 valence electrons. The third-order valence-electron chi connectivity index (χ3n) is 3.76. The van der Waals surface area contributed by atoms with Crippen LogP contribution in [0.25, 0.3) is 0 Å². The summed E-state index contributed by atoms with van der Waals surface area (Å²) in [6.45, 7) is 4.62. The lowest BCUT2D eigenvalue weighted by Gasteiger charge is -2.34. The van der Waals surface area contributed by atoms with Crippen molar-refractivity contribution in [2.75, 3.05) is 0 Å². The van der Waals surface area contributed by atoms with E-state index in [1.54, 1.807) is 0 Å². The van der Waals surface area contributed by atoms with Crippen LogP contribution in [-0.4, -0.2) is 11.9 Å². The fourth-order valence-corrected chi connectivity index (χ4v) is 2.99. The molecule has 0 heterocycles. The molecule has 0 bridgehead atoms. The van der Waals surface area contributed by atoms with E-state index in [0.29, 0.717) is 11.5 Å². The van der Waals surface area contributed by atoms with Crippen molar-refractivity contribution in [2.45, 2.75) is 45.6 Å². The van der Waals surface area contributed by atoms with Gasteiger partial charge in [-0.1, -0.05) is 19.9 Å². The number of rotatable bonds is 2. The molecule has 0 aliphatic heterocycles. The molecule has 1 aliphatic rings. The first-order chi connectivity index (χ1) is 8.46. The summed E-state index contributed by atoms with van der Waals surface area (Å²) >= 11 is 2.23. The van der Waals surface area contributed by atoms with Crippen LogP contribution in [0.15, 0.2) is 24.3 Å². The molecule has 1 saturated carbocycles. The van der Waals surface area contributed by atoms with Gasteiger partial charge in [-0.3, -0.25) is 4.79 Å². The topological polar surface area (TPSA) is 29.1 Å². The summed E-state index contributed by atoms with van der Waals surface area (Å²) in [4.78, 5) is 12.1. The fourth-order valence-electron chi connectivity index (χ4n) is 2.44. The second-order valence-electron chi connectivity index (χ2n) is 5.92. The molecule has 3 heteroatoms. The van der Waals surface area contributed by atoms with Crippen LogP contribution in [0.4, 0.5) is 0 Å². The summed E-state index contributed by atoms with van der Waals surface area (Å²) in [7, 11) is 0. The lowest BCUT2D eigenvalue weighted by atomic mass is 9.75. The van der Waals surface area contributed by atoms with Gasteiger partial charge >= 0.3 is 0 Å². The average Bonchev–Trinajstić information content (AvgIpc) is 2.32. The van der Waals surface area contributed by atoms with Crippen LogP contribution in [0.5, 0.6) is 0 Å². The van der Waals surface area contributed by atoms with Gasteiger partial charge in [-0.25, -0.2) is 0 Å². The summed E-state index contributed by atoms with van der Waals surface area (Å²) in [5, 5.41) is 3.16. The largest absolute Gasteiger partial charge is 0.349 e. The van der Waals surface area contributed by atoms with Crippen molar-refractivity contribution in [3.63, 3.8) is 0 Å². The number of halogens is 1. The molecule has 0 radical (unpaired) electrons. The molecular weight excluding hydrogens is 337 g/mol. The van der Waals surface area contributed by atoms with E-state index in [9.17, 15) is 4.79 Å². The number of benzene rings is 1. The smallest absolute Gasteiger partial charge is 0.251 e. The second kappa shape index (κ2) is 5.59. The average molecular weight is 357 g/mol. The Morgan fingerprint density at radius 2 is 2.00 bits per heavy atom. The van der Waals surface area contributed by atoms with Crippen LogP contribution < -0.4 is 5.32 Å². The quantitative estimate of drug-likeness (QED) is 0.797. The summed E-state index contributed by atoms with van der Waals surface area (Å²) < 4.78 is 1.10. The predicted octanol–water partition coefficient (Wildman–Crippen LogP) is 3.99. The van der Waals surface area contributed by atoms with Crippen LogP contribution in [0.1, 0.15) is 49.9 Å². The third kappa shape index (κ3) is 3.70. The van der Waals surface area contributed by atoms with Crippen LogP contribution in [0.3, 0.4) is 0 Å². The van der Waals surface area contributed by atoms with Crippen LogP contribution >= 0.6 is 22.6 Å². The Morgan fingerprint density at radius 1 is 1.33 bits per heavy atom. The highest BCUT2D eigenvalue weighted by Gasteiger charge is 2.27. The Balaban J connectivity index is 1.93. The van der Waals surface area contributed by atoms with Crippen molar-refractivity contribution in [2.24, 2.45) is 5.41 Å². The van der Waals surface area contributed by atoms with E-state index >= 15 is 0 Å². The Bertz CT molecular complexity index is 432. The maximum Gasteiger partial charge on any atom is 0.251 e. The maximum absolute atomic E-state index is 12.1. The van der Waals surface area contributed by atoms with Crippen LogP contribution in [0, 0.1) is 8.99 Å². The second-order valence-corrected chi connectivity index (χ2v) is 7.17. The molecule has 2 rings (SSSR count). The monoisotopic (exact) mass is 357 g/mol. The first-order valence-corrected chi connectivity index (χ1v) is 7.61. The third-order valence-corrected chi connectivity index (χ3v) is 4.43. The Hall–Kier alpha value is -0.580. The van der Waals surface area contributed by atoms with Crippen LogP contribution in [-0.2, 0) is 0 Å². The van der Waals surface area contributed by atoms with Gasteiger partial charge in [-0.15, -0.1) is 0 Å². The number of nitrogens with one attached hydrogen (secondary N) is 1. The molecule has 1 fully saturated rings. The van der Waals surface area contributed by atoms with Crippen molar-refractivity contribution in [1.82, 2.24) is 5.32 Å². The van der Waals surface area contributed by atoms with Crippen LogP contribution in [0.2, 0.25) is 0 Å². The van der Waals surface area contributed by atoms with Crippen molar-refractivity contribution < 1.29 is 4.79 Å². The van der Waals surface area contributed by atoms with Gasteiger partial charge in [0.05, 0.1) is 0 Å². The van der Waals surface area contributed by atoms with Gasteiger partial charge in [0.2, 0.25) is 0 Å². The molecule has 1 N–H and O–H groups in total. The number of carbonyl (C=O) groups is 1. The molecule has 0 atom stereocenters. The first-order valence-electron chi connectivity index (χ1n) is 6.53. The van der Waals surface area contributed by atoms with E-state index in [0.717, 1.165) is 22.0 Å². The standard InChI is InChI=1S/C15H20INO/c1-15(2)8-6-13(7-9-15)17-14(18)11-4-3-5-12(16)10-11/h3-5,10,13H,6-9H2,1-2H3,(H,17,18). The van der Waals surface area contributed by atoms with E-state index in [4.69, 9.17) is 0 Å². The molecule has 0 unspecified atom stereocenters. The fraction of sp³-hybridized carbons (Fsp3) is 0.533. The van der Waals surface area contributed by atoms with E-state index < -0.39 is 0 Å². The summed E-state index contributed by atoms with van der Waals surface area (Å²) in [5.74, 6) is 0.0678. The van der Waals surface area contributed by atoms with Gasteiger partial charge in [-0.05, 0) is 71.9 Å². The van der Waals surface area contributed by atoms with Crippen molar-refractivity contribution in [1.29, 1.82) is 0 Å². The molecule has 1 amide bonds. The number of hydrogen-bond acceptors (Lipinski definition) is 1. The molecule has 0 spiro atoms. The summed E-state index contributed by atoms with van der Waals surface area (Å²) in [6.07, 6.45) is 4.60. The Morgan fingerprint density at radius 3 is 2.61 bits per heavy atom. The molecule has 1 aromatic rings. The number of amides is 1. The zero-order valence-electron chi connectivity index (χ0n) is 11.0. The van der Waals surface area contributed by atoms with Crippen molar-refractivity contribution >= 4 is 28.5 Å². The highest BCUT2D eigenvalue weighted by Crippen LogP contribution is 2.35. The SMILES string of the molecule is CC1(C)CCC(NC(=O)c2cccc(I)c2)CC1. The molecule has 1 aromatic carbocycles. The lowest BCUT2D eigenvalue weighted by molar-refractivity contribution is 0.0909. The normalized spacial score (nSPS) is 19.5. The first kappa shape index (κ1) is 13.8. The Kier molecular flexibility index (Phi) is 4.30. The van der Waals surface area contributed by atoms with E-state index in [1.165, 1.54) is 12.8 Å². The highest BCUT2D eigenvalue weighted by molar-refractivity contribution is 14.1. The minimum absolute atomic E-state index is 0.0678. The van der Waals surface area contributed by atoms with E-state index in [1.807, 2.05) is 24.3 Å². The van der Waals surface area contributed by atoms with Gasteiger partial charge in [0.15, 0.2) is 0 Å². The summed E-state index contributed by atoms with van der Waals surface area (Å²) in [5.41, 5.74) is 1.22. The number of hydrogen-bond donors (Lipinski definition) is 1. The summed E-state index contributed by atoms with van der Waals surface area (Å²) in [6, 6.07) is 8.09. The van der Waals surface area contributed by atoms with E-state index in [-0.39, 0.29) is 5.91 Å². The molecule has 0 saturated heterocycles. The lowest BCUT2D eigenvalue weighted by Crippen LogP contribution is -2.39. The van der Waals surface area contributed by atoms with Gasteiger partial charge in [0, 0.05) is 15.2 Å². The van der Waals surface area contributed by atoms with Crippen molar-refractivity contribution in [3.05, 3.63) is 33.4 Å². The molecule has 2 nitrogen and oxygen atoms in total. The van der Waals surface area contributed by atoms with Gasteiger partial charge in [0.1, 0.15) is 0 Å². The van der Waals surface area contributed by atoms with Crippen molar-refractivity contribution in [3.8, 4) is 0 Å². The highest BCUT2D eigenvalue weighted by atomic mass is 127. The molecule has 18 heavy (non-hydrogen) atoms. The maximum atomic E-state index is 12.1. The zero-order valence-corrected chi connectivity index (χ0v) is 13.2. The molecular formula is C15H20INO.